The SMILES string of the molecule is Cc1ccc(-c2c(N)noc2-c2cccs2)cc1C. The van der Waals surface area contributed by atoms with E-state index in [9.17, 15) is 0 Å². The summed E-state index contributed by atoms with van der Waals surface area (Å²) < 4.78 is 5.40. The first-order valence-electron chi connectivity index (χ1n) is 6.03. The normalized spacial score (nSPS) is 10.8. The lowest BCUT2D eigenvalue weighted by molar-refractivity contribution is 0.437. The van der Waals surface area contributed by atoms with Crippen molar-refractivity contribution in [2.24, 2.45) is 0 Å². The molecule has 3 aromatic rings. The van der Waals surface area contributed by atoms with E-state index in [1.54, 1.807) is 11.3 Å². The van der Waals surface area contributed by atoms with Crippen LogP contribution >= 0.6 is 11.3 Å². The van der Waals surface area contributed by atoms with E-state index in [-0.39, 0.29) is 0 Å². The highest BCUT2D eigenvalue weighted by atomic mass is 32.1. The third-order valence-corrected chi connectivity index (χ3v) is 4.13. The third-order valence-electron chi connectivity index (χ3n) is 3.26. The molecule has 19 heavy (non-hydrogen) atoms. The van der Waals surface area contributed by atoms with Crippen molar-refractivity contribution in [3.8, 4) is 21.8 Å². The maximum Gasteiger partial charge on any atom is 0.186 e. The molecule has 0 spiro atoms. The minimum Gasteiger partial charge on any atom is -0.380 e. The number of benzene rings is 1. The number of thiophene rings is 1. The molecule has 96 valence electrons. The molecule has 0 atom stereocenters. The molecule has 0 unspecified atom stereocenters. The largest absolute Gasteiger partial charge is 0.380 e. The standard InChI is InChI=1S/C15H14N2OS/c1-9-5-6-11(8-10(9)2)13-14(18-17-15(13)16)12-4-3-7-19-12/h3-8H,1-2H3,(H2,16,17). The first-order valence-corrected chi connectivity index (χ1v) is 6.91. The summed E-state index contributed by atoms with van der Waals surface area (Å²) >= 11 is 1.62. The Morgan fingerprint density at radius 2 is 2.00 bits per heavy atom. The van der Waals surface area contributed by atoms with Gasteiger partial charge in [0, 0.05) is 0 Å². The number of aryl methyl sites for hydroxylation is 2. The number of nitrogen functional groups attached to an aromatic ring is 1. The molecule has 2 N–H and O–H groups in total. The van der Waals surface area contributed by atoms with Gasteiger partial charge in [-0.3, -0.25) is 0 Å². The minimum absolute atomic E-state index is 0.437. The van der Waals surface area contributed by atoms with Crippen molar-refractivity contribution < 1.29 is 4.52 Å². The summed E-state index contributed by atoms with van der Waals surface area (Å²) in [5.74, 6) is 1.18. The van der Waals surface area contributed by atoms with Gasteiger partial charge < -0.3 is 10.3 Å². The van der Waals surface area contributed by atoms with E-state index in [1.807, 2.05) is 17.5 Å². The Kier molecular flexibility index (Phi) is 2.87. The zero-order valence-corrected chi connectivity index (χ0v) is 11.6. The van der Waals surface area contributed by atoms with E-state index >= 15 is 0 Å². The lowest BCUT2D eigenvalue weighted by atomic mass is 10.00. The van der Waals surface area contributed by atoms with Crippen LogP contribution in [0.3, 0.4) is 0 Å². The molecule has 0 aliphatic rings. The number of nitrogens with two attached hydrogens (primary N) is 1. The van der Waals surface area contributed by atoms with Crippen molar-refractivity contribution in [1.82, 2.24) is 5.16 Å². The molecule has 4 heteroatoms. The average molecular weight is 270 g/mol. The van der Waals surface area contributed by atoms with Gasteiger partial charge in [0.25, 0.3) is 0 Å². The molecule has 0 bridgehead atoms. The molecule has 2 aromatic heterocycles. The Balaban J connectivity index is 2.19. The molecule has 1 aromatic carbocycles. The number of hydrogen-bond donors (Lipinski definition) is 1. The van der Waals surface area contributed by atoms with Crippen molar-refractivity contribution in [2.75, 3.05) is 5.73 Å². The fraction of sp³-hybridized carbons (Fsp3) is 0.133. The second-order valence-electron chi connectivity index (χ2n) is 4.55. The molecular weight excluding hydrogens is 256 g/mol. The van der Waals surface area contributed by atoms with Crippen LogP contribution in [0.1, 0.15) is 11.1 Å². The van der Waals surface area contributed by atoms with Gasteiger partial charge >= 0.3 is 0 Å². The van der Waals surface area contributed by atoms with Gasteiger partial charge in [0.05, 0.1) is 10.4 Å². The Morgan fingerprint density at radius 1 is 1.16 bits per heavy atom. The molecule has 3 nitrogen and oxygen atoms in total. The first-order chi connectivity index (χ1) is 9.16. The summed E-state index contributed by atoms with van der Waals surface area (Å²) in [6, 6.07) is 10.3. The van der Waals surface area contributed by atoms with Crippen LogP contribution in [-0.4, -0.2) is 5.16 Å². The molecule has 0 fully saturated rings. The summed E-state index contributed by atoms with van der Waals surface area (Å²) in [6.07, 6.45) is 0. The van der Waals surface area contributed by atoms with Crippen LogP contribution in [-0.2, 0) is 0 Å². The molecule has 0 radical (unpaired) electrons. The third kappa shape index (κ3) is 2.04. The molecule has 0 amide bonds. The van der Waals surface area contributed by atoms with Crippen molar-refractivity contribution >= 4 is 17.2 Å². The van der Waals surface area contributed by atoms with Gasteiger partial charge in [-0.1, -0.05) is 29.4 Å². The number of nitrogens with zero attached hydrogens (tertiary/aromatic N) is 1. The summed E-state index contributed by atoms with van der Waals surface area (Å²) in [4.78, 5) is 1.04. The number of rotatable bonds is 2. The fourth-order valence-corrected chi connectivity index (χ4v) is 2.76. The smallest absolute Gasteiger partial charge is 0.186 e. The maximum absolute atomic E-state index is 5.97. The van der Waals surface area contributed by atoms with Crippen molar-refractivity contribution in [2.45, 2.75) is 13.8 Å². The monoisotopic (exact) mass is 270 g/mol. The number of aromatic nitrogens is 1. The summed E-state index contributed by atoms with van der Waals surface area (Å²) in [5.41, 5.74) is 10.4. The average Bonchev–Trinajstić information content (AvgIpc) is 3.01. The van der Waals surface area contributed by atoms with Crippen LogP contribution in [0.5, 0.6) is 0 Å². The summed E-state index contributed by atoms with van der Waals surface area (Å²) in [7, 11) is 0. The Bertz CT molecular complexity index is 714. The second kappa shape index (κ2) is 4.55. The van der Waals surface area contributed by atoms with Gasteiger partial charge in [-0.25, -0.2) is 0 Å². The van der Waals surface area contributed by atoms with E-state index < -0.39 is 0 Å². The predicted molar refractivity (Wildman–Crippen MR) is 79.1 cm³/mol. The van der Waals surface area contributed by atoms with Crippen molar-refractivity contribution in [3.63, 3.8) is 0 Å². The zero-order chi connectivity index (χ0) is 13.4. The van der Waals surface area contributed by atoms with Gasteiger partial charge in [-0.15, -0.1) is 11.3 Å². The molecule has 0 aliphatic heterocycles. The van der Waals surface area contributed by atoms with Crippen LogP contribution < -0.4 is 5.73 Å². The van der Waals surface area contributed by atoms with Crippen LogP contribution in [0.4, 0.5) is 5.82 Å². The van der Waals surface area contributed by atoms with Crippen LogP contribution in [0.25, 0.3) is 21.8 Å². The second-order valence-corrected chi connectivity index (χ2v) is 5.50. The van der Waals surface area contributed by atoms with Gasteiger partial charge in [0.1, 0.15) is 0 Å². The first kappa shape index (κ1) is 12.0. The van der Waals surface area contributed by atoms with E-state index in [2.05, 4.69) is 37.2 Å². The van der Waals surface area contributed by atoms with Crippen molar-refractivity contribution in [3.05, 3.63) is 46.8 Å². The molecule has 0 aliphatic carbocycles. The van der Waals surface area contributed by atoms with Crippen LogP contribution in [0.15, 0.2) is 40.2 Å². The van der Waals surface area contributed by atoms with Crippen LogP contribution in [0.2, 0.25) is 0 Å². The molecule has 2 heterocycles. The van der Waals surface area contributed by atoms with Gasteiger partial charge in [0.15, 0.2) is 11.6 Å². The van der Waals surface area contributed by atoms with Gasteiger partial charge in [-0.05, 0) is 42.0 Å². The number of anilines is 1. The topological polar surface area (TPSA) is 52.0 Å². The van der Waals surface area contributed by atoms with E-state index in [4.69, 9.17) is 10.3 Å². The Hall–Kier alpha value is -2.07. The molecular formula is C15H14N2OS. The molecule has 0 saturated carbocycles. The lowest BCUT2D eigenvalue weighted by Crippen LogP contribution is -1.90. The molecule has 0 saturated heterocycles. The summed E-state index contributed by atoms with van der Waals surface area (Å²) in [5, 5.41) is 5.92. The highest BCUT2D eigenvalue weighted by molar-refractivity contribution is 7.13. The maximum atomic E-state index is 5.97. The van der Waals surface area contributed by atoms with E-state index in [0.29, 0.717) is 5.82 Å². The quantitative estimate of drug-likeness (QED) is 0.756. The Labute approximate surface area is 115 Å². The zero-order valence-electron chi connectivity index (χ0n) is 10.8. The van der Waals surface area contributed by atoms with Crippen LogP contribution in [0, 0.1) is 13.8 Å². The Morgan fingerprint density at radius 3 is 2.68 bits per heavy atom. The predicted octanol–water partition coefficient (Wildman–Crippen LogP) is 4.27. The van der Waals surface area contributed by atoms with Gasteiger partial charge in [0.2, 0.25) is 0 Å². The summed E-state index contributed by atoms with van der Waals surface area (Å²) in [6.45, 7) is 4.18. The molecule has 3 rings (SSSR count). The van der Waals surface area contributed by atoms with Crippen molar-refractivity contribution in [1.29, 1.82) is 0 Å². The number of hydrogen-bond acceptors (Lipinski definition) is 4. The van der Waals surface area contributed by atoms with E-state index in [0.717, 1.165) is 21.8 Å². The van der Waals surface area contributed by atoms with Gasteiger partial charge in [-0.2, -0.15) is 0 Å². The highest BCUT2D eigenvalue weighted by Gasteiger charge is 2.18. The van der Waals surface area contributed by atoms with E-state index in [1.165, 1.54) is 11.1 Å². The highest BCUT2D eigenvalue weighted by Crippen LogP contribution is 2.38. The fourth-order valence-electron chi connectivity index (χ4n) is 2.05. The minimum atomic E-state index is 0.437. The lowest BCUT2D eigenvalue weighted by Gasteiger charge is -2.05.